The van der Waals surface area contributed by atoms with Gasteiger partial charge >= 0.3 is 6.09 Å². The first-order valence-electron chi connectivity index (χ1n) is 9.36. The number of benzene rings is 1. The number of anilines is 1. The molecule has 2 fully saturated rings. The second-order valence-electron chi connectivity index (χ2n) is 7.26. The van der Waals surface area contributed by atoms with Crippen molar-refractivity contribution in [3.63, 3.8) is 0 Å². The van der Waals surface area contributed by atoms with E-state index in [0.29, 0.717) is 51.0 Å². The summed E-state index contributed by atoms with van der Waals surface area (Å²) in [5.41, 5.74) is 1.54. The highest BCUT2D eigenvalue weighted by Gasteiger charge is 2.34. The first-order valence-corrected chi connectivity index (χ1v) is 11.2. The molecule has 156 valence electrons. The van der Waals surface area contributed by atoms with Crippen LogP contribution in [0.2, 0.25) is 0 Å². The van der Waals surface area contributed by atoms with E-state index >= 15 is 0 Å². The first-order chi connectivity index (χ1) is 13.8. The Balaban J connectivity index is 1.35. The molecular formula is C18H23N5O5S. The van der Waals surface area contributed by atoms with Crippen molar-refractivity contribution in [1.29, 1.82) is 0 Å². The van der Waals surface area contributed by atoms with Crippen LogP contribution in [-0.2, 0) is 14.8 Å². The third-order valence-corrected chi connectivity index (χ3v) is 6.40. The van der Waals surface area contributed by atoms with Crippen molar-refractivity contribution in [1.82, 2.24) is 19.3 Å². The lowest BCUT2D eigenvalue weighted by molar-refractivity contribution is 0.0938. The SMILES string of the molecule is Cc1nc(-c2ccc(N3CC(CN4CCN(S(C)(=O)=O)CC4)OC3=O)cc2)no1. The molecule has 1 aromatic heterocycles. The molecule has 10 nitrogen and oxygen atoms in total. The third-order valence-electron chi connectivity index (χ3n) is 5.10. The van der Waals surface area contributed by atoms with Gasteiger partial charge in [-0.05, 0) is 24.3 Å². The van der Waals surface area contributed by atoms with Crippen LogP contribution in [0.1, 0.15) is 5.89 Å². The predicted molar refractivity (Wildman–Crippen MR) is 105 cm³/mol. The molecule has 0 saturated carbocycles. The number of carbonyl (C=O) groups is 1. The number of aryl methyl sites for hydroxylation is 1. The molecular weight excluding hydrogens is 398 g/mol. The zero-order valence-electron chi connectivity index (χ0n) is 16.3. The van der Waals surface area contributed by atoms with Gasteiger partial charge in [-0.1, -0.05) is 5.16 Å². The van der Waals surface area contributed by atoms with Gasteiger partial charge in [0.1, 0.15) is 6.10 Å². The highest BCUT2D eigenvalue weighted by atomic mass is 32.2. The highest BCUT2D eigenvalue weighted by Crippen LogP contribution is 2.25. The Labute approximate surface area is 169 Å². The number of hydrogen-bond donors (Lipinski definition) is 0. The van der Waals surface area contributed by atoms with Crippen LogP contribution >= 0.6 is 0 Å². The molecule has 1 unspecified atom stereocenters. The van der Waals surface area contributed by atoms with E-state index in [-0.39, 0.29) is 12.2 Å². The number of amides is 1. The van der Waals surface area contributed by atoms with Gasteiger partial charge in [-0.15, -0.1) is 0 Å². The van der Waals surface area contributed by atoms with Crippen LogP contribution < -0.4 is 4.90 Å². The summed E-state index contributed by atoms with van der Waals surface area (Å²) in [6.07, 6.45) is 0.587. The van der Waals surface area contributed by atoms with E-state index in [1.165, 1.54) is 10.6 Å². The monoisotopic (exact) mass is 421 g/mol. The van der Waals surface area contributed by atoms with Gasteiger partial charge in [0.25, 0.3) is 0 Å². The van der Waals surface area contributed by atoms with Crippen LogP contribution in [0.5, 0.6) is 0 Å². The van der Waals surface area contributed by atoms with Gasteiger partial charge in [0, 0.05) is 50.9 Å². The van der Waals surface area contributed by atoms with E-state index in [1.54, 1.807) is 11.8 Å². The molecule has 0 bridgehead atoms. The van der Waals surface area contributed by atoms with Crippen molar-refractivity contribution in [2.75, 3.05) is 50.4 Å². The van der Waals surface area contributed by atoms with Crippen molar-refractivity contribution in [2.45, 2.75) is 13.0 Å². The van der Waals surface area contributed by atoms with E-state index < -0.39 is 10.0 Å². The largest absolute Gasteiger partial charge is 0.443 e. The van der Waals surface area contributed by atoms with E-state index in [4.69, 9.17) is 9.26 Å². The van der Waals surface area contributed by atoms with Crippen LogP contribution in [-0.4, -0.2) is 85.5 Å². The molecule has 0 radical (unpaired) electrons. The molecule has 4 rings (SSSR count). The molecule has 2 saturated heterocycles. The van der Waals surface area contributed by atoms with Crippen molar-refractivity contribution in [2.24, 2.45) is 0 Å². The average Bonchev–Trinajstić information content (AvgIpc) is 3.27. The molecule has 1 amide bonds. The van der Waals surface area contributed by atoms with E-state index in [2.05, 4.69) is 15.0 Å². The Morgan fingerprint density at radius 1 is 1.14 bits per heavy atom. The van der Waals surface area contributed by atoms with Crippen molar-refractivity contribution in [3.05, 3.63) is 30.2 Å². The fourth-order valence-electron chi connectivity index (χ4n) is 3.57. The number of nitrogens with zero attached hydrogens (tertiary/aromatic N) is 5. The topological polar surface area (TPSA) is 109 Å². The molecule has 2 aromatic rings. The van der Waals surface area contributed by atoms with Crippen LogP contribution in [0.15, 0.2) is 28.8 Å². The second-order valence-corrected chi connectivity index (χ2v) is 9.25. The van der Waals surface area contributed by atoms with Gasteiger partial charge in [0.05, 0.1) is 12.8 Å². The summed E-state index contributed by atoms with van der Waals surface area (Å²) < 4.78 is 35.2. The molecule has 29 heavy (non-hydrogen) atoms. The van der Waals surface area contributed by atoms with E-state index in [9.17, 15) is 13.2 Å². The lowest BCUT2D eigenvalue weighted by atomic mass is 10.2. The van der Waals surface area contributed by atoms with E-state index in [0.717, 1.165) is 11.3 Å². The molecule has 0 aliphatic carbocycles. The maximum absolute atomic E-state index is 12.3. The molecule has 2 aliphatic rings. The molecule has 1 atom stereocenters. The quantitative estimate of drug-likeness (QED) is 0.702. The standard InChI is InChI=1S/C18H23N5O5S/c1-13-19-17(20-28-13)14-3-5-15(6-4-14)23-12-16(27-18(23)24)11-21-7-9-22(10-8-21)29(2,25)26/h3-6,16H,7-12H2,1-2H3. The zero-order chi connectivity index (χ0) is 20.6. The van der Waals surface area contributed by atoms with Gasteiger partial charge in [-0.3, -0.25) is 9.80 Å². The fourth-order valence-corrected chi connectivity index (χ4v) is 4.39. The first kappa shape index (κ1) is 19.8. The maximum Gasteiger partial charge on any atom is 0.414 e. The van der Waals surface area contributed by atoms with Crippen molar-refractivity contribution < 1.29 is 22.5 Å². The predicted octanol–water partition coefficient (Wildman–Crippen LogP) is 0.947. The summed E-state index contributed by atoms with van der Waals surface area (Å²) in [5.74, 6) is 0.997. The minimum Gasteiger partial charge on any atom is -0.443 e. The number of carbonyl (C=O) groups excluding carboxylic acids is 1. The van der Waals surface area contributed by atoms with Crippen LogP contribution in [0.3, 0.4) is 0 Å². The summed E-state index contributed by atoms with van der Waals surface area (Å²) in [5, 5.41) is 3.89. The maximum atomic E-state index is 12.3. The van der Waals surface area contributed by atoms with Gasteiger partial charge in [-0.25, -0.2) is 13.2 Å². The lowest BCUT2D eigenvalue weighted by Gasteiger charge is -2.33. The Morgan fingerprint density at radius 3 is 2.41 bits per heavy atom. The van der Waals surface area contributed by atoms with Crippen LogP contribution in [0.25, 0.3) is 11.4 Å². The second kappa shape index (κ2) is 7.73. The molecule has 3 heterocycles. The average molecular weight is 421 g/mol. The minimum atomic E-state index is -3.15. The van der Waals surface area contributed by atoms with Crippen LogP contribution in [0.4, 0.5) is 10.5 Å². The number of ether oxygens (including phenoxy) is 1. The highest BCUT2D eigenvalue weighted by molar-refractivity contribution is 7.88. The smallest absolute Gasteiger partial charge is 0.414 e. The summed E-state index contributed by atoms with van der Waals surface area (Å²) >= 11 is 0. The summed E-state index contributed by atoms with van der Waals surface area (Å²) in [6, 6.07) is 7.33. The number of piperazine rings is 1. The number of aromatic nitrogens is 2. The fraction of sp³-hybridized carbons (Fsp3) is 0.500. The summed E-state index contributed by atoms with van der Waals surface area (Å²) in [6.45, 7) is 4.93. The third kappa shape index (κ3) is 4.41. The van der Waals surface area contributed by atoms with E-state index in [1.807, 2.05) is 24.3 Å². The van der Waals surface area contributed by atoms with Crippen LogP contribution in [0, 0.1) is 6.92 Å². The molecule has 0 N–H and O–H groups in total. The Hall–Kier alpha value is -2.50. The molecule has 11 heteroatoms. The number of cyclic esters (lactones) is 1. The number of sulfonamides is 1. The number of hydrogen-bond acceptors (Lipinski definition) is 8. The summed E-state index contributed by atoms with van der Waals surface area (Å²) in [7, 11) is -3.15. The van der Waals surface area contributed by atoms with Gasteiger partial charge in [0.2, 0.25) is 21.7 Å². The van der Waals surface area contributed by atoms with Crippen molar-refractivity contribution in [3.8, 4) is 11.4 Å². The summed E-state index contributed by atoms with van der Waals surface area (Å²) in [4.78, 5) is 20.2. The van der Waals surface area contributed by atoms with Gasteiger partial charge < -0.3 is 9.26 Å². The lowest BCUT2D eigenvalue weighted by Crippen LogP contribution is -2.50. The normalized spacial score (nSPS) is 21.5. The molecule has 2 aliphatic heterocycles. The Morgan fingerprint density at radius 2 is 1.83 bits per heavy atom. The molecule has 1 aromatic carbocycles. The van der Waals surface area contributed by atoms with Gasteiger partial charge in [-0.2, -0.15) is 9.29 Å². The minimum absolute atomic E-state index is 0.258. The Bertz CT molecular complexity index is 982. The van der Waals surface area contributed by atoms with Gasteiger partial charge in [0.15, 0.2) is 0 Å². The van der Waals surface area contributed by atoms with Crippen molar-refractivity contribution >= 4 is 21.8 Å². The zero-order valence-corrected chi connectivity index (χ0v) is 17.1. The molecule has 0 spiro atoms. The number of rotatable bonds is 5. The Kier molecular flexibility index (Phi) is 5.28.